The molecule has 25 heavy (non-hydrogen) atoms. The van der Waals surface area contributed by atoms with Crippen molar-refractivity contribution in [3.05, 3.63) is 48.5 Å². The summed E-state index contributed by atoms with van der Waals surface area (Å²) in [5.41, 5.74) is 1.32. The molecule has 6 nitrogen and oxygen atoms in total. The summed E-state index contributed by atoms with van der Waals surface area (Å²) in [5, 5.41) is 3.12. The summed E-state index contributed by atoms with van der Waals surface area (Å²) in [5.74, 6) is 0.955. The summed E-state index contributed by atoms with van der Waals surface area (Å²) >= 11 is 0. The summed E-state index contributed by atoms with van der Waals surface area (Å²) in [6, 6.07) is 13.6. The topological polar surface area (TPSA) is 67.9 Å². The van der Waals surface area contributed by atoms with Gasteiger partial charge < -0.3 is 14.8 Å². The SMILES string of the molecule is CCOc1ccc(N[C@H]2CC(=O)N(c3ccc(OC)cc3)C2=O)cc1. The quantitative estimate of drug-likeness (QED) is 0.819. The Kier molecular flexibility index (Phi) is 4.88. The van der Waals surface area contributed by atoms with Crippen LogP contribution < -0.4 is 19.7 Å². The lowest BCUT2D eigenvalue weighted by Gasteiger charge is -2.16. The van der Waals surface area contributed by atoms with Gasteiger partial charge in [0, 0.05) is 5.69 Å². The molecular weight excluding hydrogens is 320 g/mol. The van der Waals surface area contributed by atoms with Gasteiger partial charge in [-0.3, -0.25) is 9.59 Å². The van der Waals surface area contributed by atoms with E-state index in [1.165, 1.54) is 4.90 Å². The maximum Gasteiger partial charge on any atom is 0.256 e. The molecule has 1 N–H and O–H groups in total. The van der Waals surface area contributed by atoms with Gasteiger partial charge in [-0.1, -0.05) is 0 Å². The first-order valence-electron chi connectivity index (χ1n) is 8.12. The van der Waals surface area contributed by atoms with Gasteiger partial charge in [-0.25, -0.2) is 4.90 Å². The number of hydrogen-bond donors (Lipinski definition) is 1. The van der Waals surface area contributed by atoms with E-state index in [-0.39, 0.29) is 18.2 Å². The molecule has 1 atom stereocenters. The molecule has 0 radical (unpaired) electrons. The van der Waals surface area contributed by atoms with Gasteiger partial charge in [0.25, 0.3) is 5.91 Å². The Morgan fingerprint density at radius 1 is 1.04 bits per heavy atom. The summed E-state index contributed by atoms with van der Waals surface area (Å²) < 4.78 is 10.5. The van der Waals surface area contributed by atoms with Crippen LogP contribution in [0.25, 0.3) is 0 Å². The third-order valence-electron chi connectivity index (χ3n) is 3.98. The number of imide groups is 1. The third-order valence-corrected chi connectivity index (χ3v) is 3.98. The first-order chi connectivity index (χ1) is 12.1. The third kappa shape index (κ3) is 3.57. The average molecular weight is 340 g/mol. The van der Waals surface area contributed by atoms with Crippen molar-refractivity contribution in [2.75, 3.05) is 23.9 Å². The molecule has 0 aromatic heterocycles. The molecular formula is C19H20N2O4. The molecule has 130 valence electrons. The zero-order valence-electron chi connectivity index (χ0n) is 14.2. The first kappa shape index (κ1) is 16.8. The maximum atomic E-state index is 12.6. The van der Waals surface area contributed by atoms with Crippen molar-refractivity contribution in [2.45, 2.75) is 19.4 Å². The van der Waals surface area contributed by atoms with Crippen LogP contribution in [0.15, 0.2) is 48.5 Å². The molecule has 2 aromatic carbocycles. The van der Waals surface area contributed by atoms with Gasteiger partial charge in [-0.15, -0.1) is 0 Å². The zero-order chi connectivity index (χ0) is 17.8. The standard InChI is InChI=1S/C19H20N2O4/c1-3-25-16-8-4-13(5-9-16)20-17-12-18(22)21(19(17)23)14-6-10-15(24-2)11-7-14/h4-11,17,20H,3,12H2,1-2H3/t17-/m0/s1. The second-order valence-corrected chi connectivity index (χ2v) is 5.62. The van der Waals surface area contributed by atoms with Crippen LogP contribution in [0.3, 0.4) is 0 Å². The fraction of sp³-hybridized carbons (Fsp3) is 0.263. The van der Waals surface area contributed by atoms with E-state index in [1.54, 1.807) is 31.4 Å². The van der Waals surface area contributed by atoms with Crippen LogP contribution in [0.5, 0.6) is 11.5 Å². The minimum Gasteiger partial charge on any atom is -0.497 e. The molecule has 1 saturated heterocycles. The van der Waals surface area contributed by atoms with Crippen molar-refractivity contribution in [2.24, 2.45) is 0 Å². The summed E-state index contributed by atoms with van der Waals surface area (Å²) in [7, 11) is 1.57. The monoisotopic (exact) mass is 340 g/mol. The van der Waals surface area contributed by atoms with E-state index < -0.39 is 6.04 Å². The highest BCUT2D eigenvalue weighted by molar-refractivity contribution is 6.23. The minimum absolute atomic E-state index is 0.123. The van der Waals surface area contributed by atoms with E-state index in [0.717, 1.165) is 11.4 Å². The van der Waals surface area contributed by atoms with E-state index in [4.69, 9.17) is 9.47 Å². The molecule has 6 heteroatoms. The van der Waals surface area contributed by atoms with E-state index in [9.17, 15) is 9.59 Å². The predicted molar refractivity (Wildman–Crippen MR) is 95.1 cm³/mol. The molecule has 0 bridgehead atoms. The molecule has 0 unspecified atom stereocenters. The number of benzene rings is 2. The smallest absolute Gasteiger partial charge is 0.256 e. The van der Waals surface area contributed by atoms with Crippen LogP contribution in [0, 0.1) is 0 Å². The number of anilines is 2. The second-order valence-electron chi connectivity index (χ2n) is 5.62. The lowest BCUT2D eigenvalue weighted by Crippen LogP contribution is -2.34. The Labute approximate surface area is 146 Å². The van der Waals surface area contributed by atoms with E-state index in [0.29, 0.717) is 18.0 Å². The van der Waals surface area contributed by atoms with Crippen LogP contribution in [0.1, 0.15) is 13.3 Å². The predicted octanol–water partition coefficient (Wildman–Crippen LogP) is 2.84. The van der Waals surface area contributed by atoms with Crippen molar-refractivity contribution in [1.82, 2.24) is 0 Å². The van der Waals surface area contributed by atoms with Gasteiger partial charge in [0.05, 0.1) is 25.8 Å². The van der Waals surface area contributed by atoms with E-state index in [2.05, 4.69) is 5.32 Å². The van der Waals surface area contributed by atoms with Crippen LogP contribution in [0.4, 0.5) is 11.4 Å². The van der Waals surface area contributed by atoms with Crippen LogP contribution in [-0.2, 0) is 9.59 Å². The lowest BCUT2D eigenvalue weighted by molar-refractivity contribution is -0.121. The molecule has 0 aliphatic carbocycles. The maximum absolute atomic E-state index is 12.6. The average Bonchev–Trinajstić information content (AvgIpc) is 2.90. The molecule has 0 saturated carbocycles. The summed E-state index contributed by atoms with van der Waals surface area (Å²) in [6.45, 7) is 2.52. The Hall–Kier alpha value is -3.02. The normalized spacial score (nSPS) is 16.9. The van der Waals surface area contributed by atoms with Crippen molar-refractivity contribution in [1.29, 1.82) is 0 Å². The van der Waals surface area contributed by atoms with Crippen LogP contribution >= 0.6 is 0 Å². The number of methoxy groups -OCH3 is 1. The number of hydrogen-bond acceptors (Lipinski definition) is 5. The molecule has 1 fully saturated rings. The molecule has 1 heterocycles. The van der Waals surface area contributed by atoms with Gasteiger partial charge >= 0.3 is 0 Å². The molecule has 3 rings (SSSR count). The van der Waals surface area contributed by atoms with Gasteiger partial charge in [-0.05, 0) is 55.5 Å². The molecule has 2 amide bonds. The van der Waals surface area contributed by atoms with Gasteiger partial charge in [-0.2, -0.15) is 0 Å². The molecule has 1 aliphatic heterocycles. The van der Waals surface area contributed by atoms with Crippen molar-refractivity contribution in [3.8, 4) is 11.5 Å². The van der Waals surface area contributed by atoms with Crippen molar-refractivity contribution < 1.29 is 19.1 Å². The first-order valence-corrected chi connectivity index (χ1v) is 8.12. The number of rotatable bonds is 6. The van der Waals surface area contributed by atoms with Gasteiger partial charge in [0.1, 0.15) is 17.5 Å². The summed E-state index contributed by atoms with van der Waals surface area (Å²) in [4.78, 5) is 26.1. The Bertz CT molecular complexity index is 756. The minimum atomic E-state index is -0.576. The number of nitrogens with zero attached hydrogens (tertiary/aromatic N) is 1. The molecule has 1 aliphatic rings. The lowest BCUT2D eigenvalue weighted by atomic mass is 10.2. The Morgan fingerprint density at radius 2 is 1.68 bits per heavy atom. The zero-order valence-corrected chi connectivity index (χ0v) is 14.2. The van der Waals surface area contributed by atoms with Crippen LogP contribution in [-0.4, -0.2) is 31.6 Å². The van der Waals surface area contributed by atoms with Crippen molar-refractivity contribution in [3.63, 3.8) is 0 Å². The number of carbonyl (C=O) groups excluding carboxylic acids is 2. The number of ether oxygens (including phenoxy) is 2. The number of amides is 2. The van der Waals surface area contributed by atoms with Crippen molar-refractivity contribution >= 4 is 23.2 Å². The second kappa shape index (κ2) is 7.25. The Balaban J connectivity index is 1.71. The van der Waals surface area contributed by atoms with E-state index >= 15 is 0 Å². The Morgan fingerprint density at radius 3 is 2.28 bits per heavy atom. The number of nitrogens with one attached hydrogen (secondary N) is 1. The fourth-order valence-electron chi connectivity index (χ4n) is 2.76. The fourth-order valence-corrected chi connectivity index (χ4v) is 2.76. The van der Waals surface area contributed by atoms with E-state index in [1.807, 2.05) is 31.2 Å². The van der Waals surface area contributed by atoms with Crippen LogP contribution in [0.2, 0.25) is 0 Å². The highest BCUT2D eigenvalue weighted by Gasteiger charge is 2.39. The highest BCUT2D eigenvalue weighted by Crippen LogP contribution is 2.27. The summed E-state index contributed by atoms with van der Waals surface area (Å²) in [6.07, 6.45) is 0.123. The number of carbonyl (C=O) groups is 2. The largest absolute Gasteiger partial charge is 0.497 e. The van der Waals surface area contributed by atoms with Gasteiger partial charge in [0.15, 0.2) is 0 Å². The molecule has 2 aromatic rings. The highest BCUT2D eigenvalue weighted by atomic mass is 16.5. The molecule has 0 spiro atoms. The van der Waals surface area contributed by atoms with Gasteiger partial charge in [0.2, 0.25) is 5.91 Å².